The van der Waals surface area contributed by atoms with Crippen molar-refractivity contribution in [3.63, 3.8) is 0 Å². The molecule has 0 fully saturated rings. The third kappa shape index (κ3) is 11.1. The second kappa shape index (κ2) is 11.1. The summed E-state index contributed by atoms with van der Waals surface area (Å²) in [7, 11) is 0. The number of unbranched alkanes of at least 4 members (excludes halogenated alkanes) is 4. The Kier molecular flexibility index (Phi) is 10.3. The SMILES string of the molecule is CC#CCCCCCC#CCCO. The Morgan fingerprint density at radius 1 is 0.846 bits per heavy atom. The first-order valence-electron chi connectivity index (χ1n) is 4.88. The van der Waals surface area contributed by atoms with E-state index in [2.05, 4.69) is 23.7 Å². The molecule has 0 heterocycles. The van der Waals surface area contributed by atoms with Crippen LogP contribution in [0.1, 0.15) is 45.4 Å². The molecular weight excluding hydrogens is 160 g/mol. The van der Waals surface area contributed by atoms with Gasteiger partial charge in [-0.2, -0.15) is 0 Å². The summed E-state index contributed by atoms with van der Waals surface area (Å²) in [5.74, 6) is 11.9. The molecule has 1 heteroatoms. The molecule has 0 atom stereocenters. The minimum atomic E-state index is 0.180. The van der Waals surface area contributed by atoms with Crippen LogP contribution in [0.3, 0.4) is 0 Å². The monoisotopic (exact) mass is 178 g/mol. The maximum Gasteiger partial charge on any atom is 0.0540 e. The zero-order chi connectivity index (χ0) is 9.78. The van der Waals surface area contributed by atoms with E-state index in [0.717, 1.165) is 19.3 Å². The van der Waals surface area contributed by atoms with Gasteiger partial charge in [0.25, 0.3) is 0 Å². The molecule has 0 saturated carbocycles. The zero-order valence-corrected chi connectivity index (χ0v) is 8.40. The summed E-state index contributed by atoms with van der Waals surface area (Å²) in [6, 6.07) is 0. The van der Waals surface area contributed by atoms with Gasteiger partial charge in [-0.25, -0.2) is 0 Å². The van der Waals surface area contributed by atoms with Gasteiger partial charge in [-0.3, -0.25) is 0 Å². The fraction of sp³-hybridized carbons (Fsp3) is 0.667. The van der Waals surface area contributed by atoms with E-state index in [0.29, 0.717) is 6.42 Å². The van der Waals surface area contributed by atoms with Gasteiger partial charge < -0.3 is 5.11 Å². The largest absolute Gasteiger partial charge is 0.395 e. The minimum Gasteiger partial charge on any atom is -0.395 e. The quantitative estimate of drug-likeness (QED) is 0.506. The van der Waals surface area contributed by atoms with Crippen LogP contribution < -0.4 is 0 Å². The van der Waals surface area contributed by atoms with Crippen molar-refractivity contribution in [1.29, 1.82) is 0 Å². The highest BCUT2D eigenvalue weighted by Crippen LogP contribution is 2.01. The van der Waals surface area contributed by atoms with Crippen molar-refractivity contribution in [2.24, 2.45) is 0 Å². The first-order valence-corrected chi connectivity index (χ1v) is 4.88. The highest BCUT2D eigenvalue weighted by molar-refractivity contribution is 4.98. The van der Waals surface area contributed by atoms with E-state index in [4.69, 9.17) is 5.11 Å². The summed E-state index contributed by atoms with van der Waals surface area (Å²) < 4.78 is 0. The van der Waals surface area contributed by atoms with Crippen molar-refractivity contribution in [3.8, 4) is 23.7 Å². The second-order valence-electron chi connectivity index (χ2n) is 2.81. The molecule has 0 aliphatic carbocycles. The summed E-state index contributed by atoms with van der Waals surface area (Å²) in [6.07, 6.45) is 6.14. The van der Waals surface area contributed by atoms with Crippen molar-refractivity contribution in [1.82, 2.24) is 0 Å². The predicted molar refractivity (Wildman–Crippen MR) is 56.0 cm³/mol. The van der Waals surface area contributed by atoms with Crippen molar-refractivity contribution in [2.45, 2.75) is 45.4 Å². The van der Waals surface area contributed by atoms with Gasteiger partial charge in [0.05, 0.1) is 6.61 Å². The summed E-state index contributed by atoms with van der Waals surface area (Å²) in [5.41, 5.74) is 0. The molecule has 0 aliphatic rings. The molecule has 1 N–H and O–H groups in total. The van der Waals surface area contributed by atoms with Gasteiger partial charge in [0.15, 0.2) is 0 Å². The Bertz CT molecular complexity index is 209. The minimum absolute atomic E-state index is 0.180. The lowest BCUT2D eigenvalue weighted by atomic mass is 10.1. The topological polar surface area (TPSA) is 20.2 Å². The highest BCUT2D eigenvalue weighted by Gasteiger charge is 1.84. The zero-order valence-electron chi connectivity index (χ0n) is 8.40. The number of hydrogen-bond donors (Lipinski definition) is 1. The Balaban J connectivity index is 3.07. The lowest BCUT2D eigenvalue weighted by molar-refractivity contribution is 0.305. The molecule has 1 nitrogen and oxygen atoms in total. The number of rotatable bonds is 5. The standard InChI is InChI=1S/C12H18O/c1-2-3-4-5-6-7-8-9-10-11-12-13/h13H,4-8,11-12H2,1H3. The van der Waals surface area contributed by atoms with Crippen LogP contribution in [0.15, 0.2) is 0 Å². The van der Waals surface area contributed by atoms with Crippen molar-refractivity contribution in [3.05, 3.63) is 0 Å². The Morgan fingerprint density at radius 3 is 2.08 bits per heavy atom. The van der Waals surface area contributed by atoms with E-state index in [1.165, 1.54) is 12.8 Å². The second-order valence-corrected chi connectivity index (χ2v) is 2.81. The van der Waals surface area contributed by atoms with Crippen LogP contribution in [0, 0.1) is 23.7 Å². The van der Waals surface area contributed by atoms with Crippen LogP contribution in [0.25, 0.3) is 0 Å². The summed E-state index contributed by atoms with van der Waals surface area (Å²) in [4.78, 5) is 0. The molecule has 0 radical (unpaired) electrons. The van der Waals surface area contributed by atoms with Crippen LogP contribution in [0.5, 0.6) is 0 Å². The molecule has 0 unspecified atom stereocenters. The summed E-state index contributed by atoms with van der Waals surface area (Å²) in [6.45, 7) is 2.06. The molecule has 0 aromatic rings. The van der Waals surface area contributed by atoms with Gasteiger partial charge in [0.2, 0.25) is 0 Å². The van der Waals surface area contributed by atoms with Crippen LogP contribution in [-0.2, 0) is 0 Å². The van der Waals surface area contributed by atoms with E-state index < -0.39 is 0 Å². The van der Waals surface area contributed by atoms with E-state index in [-0.39, 0.29) is 6.61 Å². The first-order chi connectivity index (χ1) is 6.41. The third-order valence-electron chi connectivity index (χ3n) is 1.64. The molecule has 0 aliphatic heterocycles. The number of aliphatic hydroxyl groups excluding tert-OH is 1. The average molecular weight is 178 g/mol. The predicted octanol–water partition coefficient (Wildman–Crippen LogP) is 2.35. The fourth-order valence-corrected chi connectivity index (χ4v) is 0.961. The lowest BCUT2D eigenvalue weighted by Crippen LogP contribution is -1.77. The van der Waals surface area contributed by atoms with Gasteiger partial charge in [-0.15, -0.1) is 23.7 Å². The van der Waals surface area contributed by atoms with Crippen molar-refractivity contribution >= 4 is 0 Å². The van der Waals surface area contributed by atoms with E-state index >= 15 is 0 Å². The smallest absolute Gasteiger partial charge is 0.0540 e. The van der Waals surface area contributed by atoms with E-state index in [9.17, 15) is 0 Å². The normalized spacial score (nSPS) is 8.15. The summed E-state index contributed by atoms with van der Waals surface area (Å²) >= 11 is 0. The number of hydrogen-bond acceptors (Lipinski definition) is 1. The molecule has 0 spiro atoms. The van der Waals surface area contributed by atoms with Gasteiger partial charge in [-0.05, 0) is 19.8 Å². The molecule has 13 heavy (non-hydrogen) atoms. The molecule has 0 rings (SSSR count). The molecule has 0 aromatic heterocycles. The molecule has 0 aromatic carbocycles. The molecule has 72 valence electrons. The lowest BCUT2D eigenvalue weighted by Gasteiger charge is -1.91. The Hall–Kier alpha value is -0.920. The van der Waals surface area contributed by atoms with Gasteiger partial charge in [0.1, 0.15) is 0 Å². The maximum absolute atomic E-state index is 8.45. The third-order valence-corrected chi connectivity index (χ3v) is 1.64. The van der Waals surface area contributed by atoms with Crippen molar-refractivity contribution < 1.29 is 5.11 Å². The molecule has 0 bridgehead atoms. The Morgan fingerprint density at radius 2 is 1.46 bits per heavy atom. The molecule has 0 saturated heterocycles. The van der Waals surface area contributed by atoms with E-state index in [1.54, 1.807) is 0 Å². The van der Waals surface area contributed by atoms with Gasteiger partial charge in [0, 0.05) is 19.3 Å². The van der Waals surface area contributed by atoms with Gasteiger partial charge in [-0.1, -0.05) is 6.42 Å². The van der Waals surface area contributed by atoms with Crippen molar-refractivity contribution in [2.75, 3.05) is 6.61 Å². The Labute approximate surface area is 81.5 Å². The first kappa shape index (κ1) is 12.1. The molecule has 0 amide bonds. The average Bonchev–Trinajstić information content (AvgIpc) is 2.16. The van der Waals surface area contributed by atoms with Crippen LogP contribution >= 0.6 is 0 Å². The fourth-order valence-electron chi connectivity index (χ4n) is 0.961. The van der Waals surface area contributed by atoms with Crippen LogP contribution in [0.2, 0.25) is 0 Å². The van der Waals surface area contributed by atoms with Crippen LogP contribution in [-0.4, -0.2) is 11.7 Å². The maximum atomic E-state index is 8.45. The summed E-state index contributed by atoms with van der Waals surface area (Å²) in [5, 5.41) is 8.45. The van der Waals surface area contributed by atoms with Crippen LogP contribution in [0.4, 0.5) is 0 Å². The highest BCUT2D eigenvalue weighted by atomic mass is 16.2. The van der Waals surface area contributed by atoms with Gasteiger partial charge >= 0.3 is 0 Å². The van der Waals surface area contributed by atoms with E-state index in [1.807, 2.05) is 6.92 Å². The molecular formula is C12H18O. The number of aliphatic hydroxyl groups is 1.